The minimum atomic E-state index is -0.271. The molecule has 0 aliphatic rings. The molecule has 0 unspecified atom stereocenters. The fourth-order valence-electron chi connectivity index (χ4n) is 0.952. The molecule has 0 saturated heterocycles. The predicted molar refractivity (Wildman–Crippen MR) is 48.4 cm³/mol. The molecule has 0 saturated carbocycles. The number of rotatable bonds is 3. The van der Waals surface area contributed by atoms with Gasteiger partial charge in [0.15, 0.2) is 0 Å². The van der Waals surface area contributed by atoms with Crippen LogP contribution in [0.4, 0.5) is 5.69 Å². The van der Waals surface area contributed by atoms with E-state index < -0.39 is 0 Å². The molecule has 0 atom stereocenters. The van der Waals surface area contributed by atoms with Crippen molar-refractivity contribution in [3.63, 3.8) is 0 Å². The second-order valence-electron chi connectivity index (χ2n) is 2.71. The first-order valence-corrected chi connectivity index (χ1v) is 3.81. The molecule has 0 fully saturated rings. The van der Waals surface area contributed by atoms with Gasteiger partial charge in [0.25, 0.3) is 0 Å². The highest BCUT2D eigenvalue weighted by Crippen LogP contribution is 2.06. The Morgan fingerprint density at radius 3 is 2.33 bits per heavy atom. The molecule has 0 aliphatic heterocycles. The van der Waals surface area contributed by atoms with Crippen LogP contribution in [0.1, 0.15) is 12.0 Å². The summed E-state index contributed by atoms with van der Waals surface area (Å²) >= 11 is 0. The third-order valence-electron chi connectivity index (χ3n) is 1.64. The normalized spacial score (nSPS) is 9.67. The minimum absolute atomic E-state index is 0.271. The van der Waals surface area contributed by atoms with E-state index in [0.717, 1.165) is 11.3 Å². The Balaban J connectivity index is 2.53. The summed E-state index contributed by atoms with van der Waals surface area (Å²) in [5.74, 6) is -0.271. The fourth-order valence-corrected chi connectivity index (χ4v) is 0.952. The van der Waals surface area contributed by atoms with Crippen LogP contribution in [0, 0.1) is 0 Å². The number of carbonyl (C=O) groups is 1. The van der Waals surface area contributed by atoms with E-state index in [1.54, 1.807) is 0 Å². The van der Waals surface area contributed by atoms with Gasteiger partial charge in [-0.3, -0.25) is 4.79 Å². The summed E-state index contributed by atoms with van der Waals surface area (Å²) in [6.45, 7) is 0. The molecule has 0 aliphatic carbocycles. The molecule has 3 heteroatoms. The Morgan fingerprint density at radius 2 is 1.83 bits per heavy atom. The van der Waals surface area contributed by atoms with Gasteiger partial charge in [0.2, 0.25) is 5.91 Å². The van der Waals surface area contributed by atoms with Crippen molar-refractivity contribution in [2.24, 2.45) is 5.73 Å². The second kappa shape index (κ2) is 3.76. The zero-order chi connectivity index (χ0) is 8.97. The molecule has 12 heavy (non-hydrogen) atoms. The summed E-state index contributed by atoms with van der Waals surface area (Å²) in [7, 11) is 0. The Hall–Kier alpha value is -1.51. The average molecular weight is 164 g/mol. The molecule has 1 amide bonds. The van der Waals surface area contributed by atoms with E-state index in [0.29, 0.717) is 12.8 Å². The van der Waals surface area contributed by atoms with Crippen molar-refractivity contribution in [1.29, 1.82) is 0 Å². The zero-order valence-electron chi connectivity index (χ0n) is 6.79. The van der Waals surface area contributed by atoms with Crippen molar-refractivity contribution in [3.05, 3.63) is 29.8 Å². The number of benzene rings is 1. The van der Waals surface area contributed by atoms with Gasteiger partial charge in [-0.1, -0.05) is 12.1 Å². The largest absolute Gasteiger partial charge is 0.399 e. The van der Waals surface area contributed by atoms with Crippen LogP contribution in [-0.2, 0) is 11.2 Å². The molecule has 64 valence electrons. The number of aryl methyl sites for hydroxylation is 1. The summed E-state index contributed by atoms with van der Waals surface area (Å²) in [5, 5.41) is 0. The van der Waals surface area contributed by atoms with E-state index in [1.807, 2.05) is 24.3 Å². The number of hydrogen-bond donors (Lipinski definition) is 2. The van der Waals surface area contributed by atoms with Gasteiger partial charge in [-0.15, -0.1) is 0 Å². The van der Waals surface area contributed by atoms with Crippen molar-refractivity contribution >= 4 is 11.6 Å². The summed E-state index contributed by atoms with van der Waals surface area (Å²) in [4.78, 5) is 10.4. The lowest BCUT2D eigenvalue weighted by molar-refractivity contribution is -0.117. The summed E-state index contributed by atoms with van der Waals surface area (Å²) in [6, 6.07) is 7.43. The molecule has 0 spiro atoms. The first-order chi connectivity index (χ1) is 5.68. The number of nitrogen functional groups attached to an aromatic ring is 1. The number of amides is 1. The van der Waals surface area contributed by atoms with Crippen LogP contribution in [0.25, 0.3) is 0 Å². The van der Waals surface area contributed by atoms with Crippen LogP contribution in [0.2, 0.25) is 0 Å². The molecular formula is C9H12N2O. The second-order valence-corrected chi connectivity index (χ2v) is 2.71. The molecule has 3 nitrogen and oxygen atoms in total. The van der Waals surface area contributed by atoms with Crippen LogP contribution in [0.15, 0.2) is 24.3 Å². The van der Waals surface area contributed by atoms with Crippen molar-refractivity contribution in [1.82, 2.24) is 0 Å². The maximum absolute atomic E-state index is 10.4. The Labute approximate surface area is 71.4 Å². The average Bonchev–Trinajstić information content (AvgIpc) is 2.03. The third kappa shape index (κ3) is 2.62. The van der Waals surface area contributed by atoms with E-state index in [9.17, 15) is 4.79 Å². The molecular weight excluding hydrogens is 152 g/mol. The maximum Gasteiger partial charge on any atom is 0.217 e. The standard InChI is InChI=1S/C9H12N2O/c10-8-4-1-7(2-5-8)3-6-9(11)12/h1-2,4-5H,3,6,10H2,(H2,11,12). The number of primary amides is 1. The van der Waals surface area contributed by atoms with E-state index in [4.69, 9.17) is 11.5 Å². The molecule has 1 aromatic rings. The highest BCUT2D eigenvalue weighted by Gasteiger charge is 1.96. The number of hydrogen-bond acceptors (Lipinski definition) is 2. The van der Waals surface area contributed by atoms with E-state index in [1.165, 1.54) is 0 Å². The third-order valence-corrected chi connectivity index (χ3v) is 1.64. The van der Waals surface area contributed by atoms with Gasteiger partial charge < -0.3 is 11.5 Å². The van der Waals surface area contributed by atoms with Gasteiger partial charge in [0, 0.05) is 12.1 Å². The molecule has 0 heterocycles. The summed E-state index contributed by atoms with van der Waals surface area (Å²) in [6.07, 6.45) is 1.08. The van der Waals surface area contributed by atoms with Crippen LogP contribution in [0.3, 0.4) is 0 Å². The molecule has 0 aromatic heterocycles. The Morgan fingerprint density at radius 1 is 1.25 bits per heavy atom. The quantitative estimate of drug-likeness (QED) is 0.645. The van der Waals surface area contributed by atoms with Crippen LogP contribution < -0.4 is 11.5 Å². The first-order valence-electron chi connectivity index (χ1n) is 3.81. The zero-order valence-corrected chi connectivity index (χ0v) is 6.79. The lowest BCUT2D eigenvalue weighted by atomic mass is 10.1. The fraction of sp³-hybridized carbons (Fsp3) is 0.222. The molecule has 4 N–H and O–H groups in total. The maximum atomic E-state index is 10.4. The SMILES string of the molecule is NC(=O)CCc1ccc(N)cc1. The van der Waals surface area contributed by atoms with E-state index >= 15 is 0 Å². The highest BCUT2D eigenvalue weighted by atomic mass is 16.1. The van der Waals surface area contributed by atoms with Crippen molar-refractivity contribution in [2.45, 2.75) is 12.8 Å². The first kappa shape index (κ1) is 8.59. The van der Waals surface area contributed by atoms with Gasteiger partial charge in [0.05, 0.1) is 0 Å². The monoisotopic (exact) mass is 164 g/mol. The molecule has 1 aromatic carbocycles. The smallest absolute Gasteiger partial charge is 0.217 e. The minimum Gasteiger partial charge on any atom is -0.399 e. The van der Waals surface area contributed by atoms with Crippen LogP contribution in [0.5, 0.6) is 0 Å². The highest BCUT2D eigenvalue weighted by molar-refractivity contribution is 5.74. The summed E-state index contributed by atoms with van der Waals surface area (Å²) in [5.41, 5.74) is 12.3. The van der Waals surface area contributed by atoms with Crippen LogP contribution in [-0.4, -0.2) is 5.91 Å². The van der Waals surface area contributed by atoms with Gasteiger partial charge in [0.1, 0.15) is 0 Å². The topological polar surface area (TPSA) is 69.1 Å². The van der Waals surface area contributed by atoms with Crippen molar-refractivity contribution in [3.8, 4) is 0 Å². The lowest BCUT2D eigenvalue weighted by Gasteiger charge is -1.98. The Bertz CT molecular complexity index is 266. The Kier molecular flexibility index (Phi) is 2.69. The molecule has 0 radical (unpaired) electrons. The number of nitrogens with two attached hydrogens (primary N) is 2. The number of carbonyl (C=O) groups excluding carboxylic acids is 1. The van der Waals surface area contributed by atoms with Crippen molar-refractivity contribution < 1.29 is 4.79 Å². The predicted octanol–water partition coefficient (Wildman–Crippen LogP) is 0.687. The molecule has 1 rings (SSSR count). The number of anilines is 1. The van der Waals surface area contributed by atoms with Gasteiger partial charge in [-0.05, 0) is 24.1 Å². The van der Waals surface area contributed by atoms with Crippen LogP contribution >= 0.6 is 0 Å². The van der Waals surface area contributed by atoms with E-state index in [2.05, 4.69) is 0 Å². The molecule has 0 bridgehead atoms. The van der Waals surface area contributed by atoms with Gasteiger partial charge in [-0.2, -0.15) is 0 Å². The van der Waals surface area contributed by atoms with Crippen molar-refractivity contribution in [2.75, 3.05) is 5.73 Å². The van der Waals surface area contributed by atoms with Gasteiger partial charge >= 0.3 is 0 Å². The summed E-state index contributed by atoms with van der Waals surface area (Å²) < 4.78 is 0. The lowest BCUT2D eigenvalue weighted by Crippen LogP contribution is -2.11. The van der Waals surface area contributed by atoms with Gasteiger partial charge in [-0.25, -0.2) is 0 Å². The van der Waals surface area contributed by atoms with E-state index in [-0.39, 0.29) is 5.91 Å².